The minimum atomic E-state index is 0.987. The number of fused-ring (bicyclic) bond motifs is 2. The first-order valence-corrected chi connectivity index (χ1v) is 9.55. The highest BCUT2D eigenvalue weighted by atomic mass is 32.1. The summed E-state index contributed by atoms with van der Waals surface area (Å²) in [6.45, 7) is 5.37. The lowest BCUT2D eigenvalue weighted by Gasteiger charge is -2.35. The Kier molecular flexibility index (Phi) is 3.68. The number of benzene rings is 1. The van der Waals surface area contributed by atoms with E-state index in [2.05, 4.69) is 62.4 Å². The van der Waals surface area contributed by atoms with Crippen LogP contribution in [0, 0.1) is 0 Å². The highest BCUT2D eigenvalue weighted by molar-refractivity contribution is 7.22. The number of aromatic nitrogens is 2. The van der Waals surface area contributed by atoms with Crippen molar-refractivity contribution in [3.63, 3.8) is 0 Å². The standard InChI is InChI=1S/C20H20N4S/c1-2-6-18-15(4-1)12-19(25-18)24-10-8-23(9-11-24)14-16-13-22-20-17(16)5-3-7-21-20/h1-7,12-13H,8-11,14H2,(H,21,22). The molecule has 5 rings (SSSR count). The molecule has 0 aliphatic carbocycles. The van der Waals surface area contributed by atoms with Crippen LogP contribution in [0.2, 0.25) is 0 Å². The Morgan fingerprint density at radius 3 is 2.80 bits per heavy atom. The molecule has 126 valence electrons. The molecule has 1 aliphatic heterocycles. The van der Waals surface area contributed by atoms with Gasteiger partial charge in [0.05, 0.1) is 5.00 Å². The summed E-state index contributed by atoms with van der Waals surface area (Å²) < 4.78 is 1.38. The Bertz CT molecular complexity index is 978. The van der Waals surface area contributed by atoms with E-state index in [9.17, 15) is 0 Å². The summed E-state index contributed by atoms with van der Waals surface area (Å²) in [5, 5.41) is 4.00. The highest BCUT2D eigenvalue weighted by Crippen LogP contribution is 2.33. The van der Waals surface area contributed by atoms with E-state index in [4.69, 9.17) is 0 Å². The van der Waals surface area contributed by atoms with Crippen LogP contribution < -0.4 is 4.90 Å². The molecule has 0 amide bonds. The zero-order chi connectivity index (χ0) is 16.6. The Labute approximate surface area is 150 Å². The van der Waals surface area contributed by atoms with Gasteiger partial charge in [0.15, 0.2) is 0 Å². The molecule has 5 heteroatoms. The van der Waals surface area contributed by atoms with Crippen LogP contribution in [0.4, 0.5) is 5.00 Å². The Balaban J connectivity index is 1.28. The number of anilines is 1. The maximum Gasteiger partial charge on any atom is 0.137 e. The predicted molar refractivity (Wildman–Crippen MR) is 105 cm³/mol. The van der Waals surface area contributed by atoms with Crippen LogP contribution in [0.5, 0.6) is 0 Å². The molecule has 1 aromatic carbocycles. The third-order valence-electron chi connectivity index (χ3n) is 5.03. The lowest BCUT2D eigenvalue weighted by atomic mass is 10.2. The number of piperazine rings is 1. The summed E-state index contributed by atoms with van der Waals surface area (Å²) in [5.41, 5.74) is 2.33. The second-order valence-electron chi connectivity index (χ2n) is 6.60. The van der Waals surface area contributed by atoms with Gasteiger partial charge in [-0.05, 0) is 35.2 Å². The Morgan fingerprint density at radius 2 is 1.92 bits per heavy atom. The second-order valence-corrected chi connectivity index (χ2v) is 7.66. The summed E-state index contributed by atoms with van der Waals surface area (Å²) >= 11 is 1.91. The fourth-order valence-electron chi connectivity index (χ4n) is 3.63. The van der Waals surface area contributed by atoms with Gasteiger partial charge in [0.1, 0.15) is 5.65 Å². The lowest BCUT2D eigenvalue weighted by Crippen LogP contribution is -2.45. The zero-order valence-corrected chi connectivity index (χ0v) is 14.8. The van der Waals surface area contributed by atoms with Gasteiger partial charge in [-0.15, -0.1) is 11.3 Å². The molecule has 4 heterocycles. The van der Waals surface area contributed by atoms with Crippen molar-refractivity contribution in [3.05, 3.63) is 60.4 Å². The van der Waals surface area contributed by atoms with Crippen LogP contribution >= 0.6 is 11.3 Å². The molecule has 4 aromatic rings. The molecule has 1 N–H and O–H groups in total. The van der Waals surface area contributed by atoms with E-state index >= 15 is 0 Å². The van der Waals surface area contributed by atoms with Gasteiger partial charge in [-0.1, -0.05) is 18.2 Å². The average molecular weight is 348 g/mol. The SMILES string of the molecule is c1ccc2sc(N3CCN(Cc4c[nH]c5ncccc45)CC3)cc2c1. The molecule has 1 aliphatic rings. The van der Waals surface area contributed by atoms with E-state index < -0.39 is 0 Å². The van der Waals surface area contributed by atoms with Gasteiger partial charge < -0.3 is 9.88 Å². The highest BCUT2D eigenvalue weighted by Gasteiger charge is 2.19. The molecule has 0 spiro atoms. The number of pyridine rings is 1. The molecule has 25 heavy (non-hydrogen) atoms. The molecular weight excluding hydrogens is 328 g/mol. The van der Waals surface area contributed by atoms with Crippen molar-refractivity contribution in [1.82, 2.24) is 14.9 Å². The summed E-state index contributed by atoms with van der Waals surface area (Å²) in [6.07, 6.45) is 3.95. The van der Waals surface area contributed by atoms with Crippen molar-refractivity contribution >= 4 is 37.5 Å². The number of hydrogen-bond donors (Lipinski definition) is 1. The van der Waals surface area contributed by atoms with Gasteiger partial charge in [-0.2, -0.15) is 0 Å². The fraction of sp³-hybridized carbons (Fsp3) is 0.250. The largest absolute Gasteiger partial charge is 0.361 e. The summed E-state index contributed by atoms with van der Waals surface area (Å²) in [7, 11) is 0. The van der Waals surface area contributed by atoms with E-state index in [-0.39, 0.29) is 0 Å². The second kappa shape index (κ2) is 6.17. The van der Waals surface area contributed by atoms with Crippen LogP contribution in [0.3, 0.4) is 0 Å². The van der Waals surface area contributed by atoms with Crippen LogP contribution in [0.25, 0.3) is 21.1 Å². The predicted octanol–water partition coefficient (Wildman–Crippen LogP) is 4.10. The van der Waals surface area contributed by atoms with E-state index in [0.29, 0.717) is 0 Å². The third kappa shape index (κ3) is 2.79. The van der Waals surface area contributed by atoms with Crippen LogP contribution in [-0.4, -0.2) is 41.0 Å². The smallest absolute Gasteiger partial charge is 0.137 e. The average Bonchev–Trinajstić information content (AvgIpc) is 3.27. The number of nitrogens with zero attached hydrogens (tertiary/aromatic N) is 3. The van der Waals surface area contributed by atoms with Gasteiger partial charge >= 0.3 is 0 Å². The van der Waals surface area contributed by atoms with Crippen molar-refractivity contribution in [1.29, 1.82) is 0 Å². The van der Waals surface area contributed by atoms with Crippen LogP contribution in [0.1, 0.15) is 5.56 Å². The van der Waals surface area contributed by atoms with Crippen molar-refractivity contribution < 1.29 is 0 Å². The fourth-order valence-corrected chi connectivity index (χ4v) is 4.75. The minimum Gasteiger partial charge on any atom is -0.361 e. The molecule has 1 fully saturated rings. The number of aromatic amines is 1. The molecule has 4 nitrogen and oxygen atoms in total. The monoisotopic (exact) mass is 348 g/mol. The molecule has 0 atom stereocenters. The minimum absolute atomic E-state index is 0.987. The van der Waals surface area contributed by atoms with Crippen molar-refractivity contribution in [2.45, 2.75) is 6.54 Å². The van der Waals surface area contributed by atoms with Gasteiger partial charge in [-0.3, -0.25) is 4.90 Å². The van der Waals surface area contributed by atoms with Crippen LogP contribution in [0.15, 0.2) is 54.9 Å². The summed E-state index contributed by atoms with van der Waals surface area (Å²) in [6, 6.07) is 15.2. The van der Waals surface area contributed by atoms with Gasteiger partial charge in [0.25, 0.3) is 0 Å². The molecular formula is C20H20N4S. The van der Waals surface area contributed by atoms with E-state index in [1.807, 2.05) is 23.6 Å². The van der Waals surface area contributed by atoms with Gasteiger partial charge in [0.2, 0.25) is 0 Å². The lowest BCUT2D eigenvalue weighted by molar-refractivity contribution is 0.251. The molecule has 0 unspecified atom stereocenters. The van der Waals surface area contributed by atoms with Crippen molar-refractivity contribution in [2.75, 3.05) is 31.1 Å². The number of H-pyrrole nitrogens is 1. The zero-order valence-electron chi connectivity index (χ0n) is 14.0. The van der Waals surface area contributed by atoms with Crippen LogP contribution in [-0.2, 0) is 6.54 Å². The third-order valence-corrected chi connectivity index (χ3v) is 6.20. The number of thiophene rings is 1. The first-order chi connectivity index (χ1) is 12.4. The summed E-state index contributed by atoms with van der Waals surface area (Å²) in [4.78, 5) is 12.7. The maximum atomic E-state index is 4.39. The normalized spacial score (nSPS) is 16.1. The van der Waals surface area contributed by atoms with Crippen molar-refractivity contribution in [2.24, 2.45) is 0 Å². The maximum absolute atomic E-state index is 4.39. The molecule has 0 bridgehead atoms. The van der Waals surface area contributed by atoms with E-state index in [1.54, 1.807) is 0 Å². The van der Waals surface area contributed by atoms with E-state index in [0.717, 1.165) is 38.4 Å². The first-order valence-electron chi connectivity index (χ1n) is 8.74. The van der Waals surface area contributed by atoms with E-state index in [1.165, 1.54) is 26.0 Å². The Morgan fingerprint density at radius 1 is 1.04 bits per heavy atom. The molecule has 0 saturated carbocycles. The number of hydrogen-bond acceptors (Lipinski definition) is 4. The number of nitrogens with one attached hydrogen (secondary N) is 1. The molecule has 0 radical (unpaired) electrons. The summed E-state index contributed by atoms with van der Waals surface area (Å²) in [5.74, 6) is 0. The molecule has 3 aromatic heterocycles. The quantitative estimate of drug-likeness (QED) is 0.605. The first kappa shape index (κ1) is 14.9. The topological polar surface area (TPSA) is 35.2 Å². The van der Waals surface area contributed by atoms with Gasteiger partial charge in [0, 0.05) is 55.2 Å². The van der Waals surface area contributed by atoms with Crippen molar-refractivity contribution in [3.8, 4) is 0 Å². The molecule has 1 saturated heterocycles. The number of rotatable bonds is 3. The van der Waals surface area contributed by atoms with Gasteiger partial charge in [-0.25, -0.2) is 4.98 Å². The Hall–Kier alpha value is -2.37.